The summed E-state index contributed by atoms with van der Waals surface area (Å²) in [6.45, 7) is 3.38. The fraction of sp³-hybridized carbons (Fsp3) is 0.286. The SMILES string of the molecule is CC1CCOC(Cn2ccnc2)(c2ccc(-c3ccccc3)cc2)O1. The highest BCUT2D eigenvalue weighted by molar-refractivity contribution is 5.63. The van der Waals surface area contributed by atoms with Gasteiger partial charge < -0.3 is 14.0 Å². The van der Waals surface area contributed by atoms with Crippen LogP contribution in [0.15, 0.2) is 73.3 Å². The van der Waals surface area contributed by atoms with Crippen molar-refractivity contribution in [3.05, 3.63) is 78.9 Å². The minimum atomic E-state index is -0.770. The number of hydrogen-bond donors (Lipinski definition) is 0. The highest BCUT2D eigenvalue weighted by atomic mass is 16.7. The zero-order chi connectivity index (χ0) is 17.1. The summed E-state index contributed by atoms with van der Waals surface area (Å²) < 4.78 is 14.5. The lowest BCUT2D eigenvalue weighted by molar-refractivity contribution is -0.306. The van der Waals surface area contributed by atoms with Gasteiger partial charge >= 0.3 is 0 Å². The predicted octanol–water partition coefficient (Wildman–Crippen LogP) is 4.23. The van der Waals surface area contributed by atoms with Crippen molar-refractivity contribution in [1.82, 2.24) is 9.55 Å². The van der Waals surface area contributed by atoms with Crippen molar-refractivity contribution >= 4 is 0 Å². The Morgan fingerprint density at radius 3 is 2.52 bits per heavy atom. The van der Waals surface area contributed by atoms with E-state index in [-0.39, 0.29) is 6.10 Å². The van der Waals surface area contributed by atoms with E-state index in [9.17, 15) is 0 Å². The summed E-state index contributed by atoms with van der Waals surface area (Å²) in [5.41, 5.74) is 3.43. The predicted molar refractivity (Wildman–Crippen MR) is 96.9 cm³/mol. The monoisotopic (exact) mass is 334 g/mol. The maximum atomic E-state index is 6.31. The van der Waals surface area contributed by atoms with Gasteiger partial charge in [-0.3, -0.25) is 0 Å². The number of aromatic nitrogens is 2. The van der Waals surface area contributed by atoms with Crippen LogP contribution in [0.25, 0.3) is 11.1 Å². The summed E-state index contributed by atoms with van der Waals surface area (Å²) in [6.07, 6.45) is 6.58. The quantitative estimate of drug-likeness (QED) is 0.716. The molecule has 25 heavy (non-hydrogen) atoms. The van der Waals surface area contributed by atoms with Gasteiger partial charge in [0.25, 0.3) is 0 Å². The zero-order valence-electron chi connectivity index (χ0n) is 14.3. The van der Waals surface area contributed by atoms with Gasteiger partial charge in [-0.25, -0.2) is 4.98 Å². The Kier molecular flexibility index (Phi) is 4.38. The van der Waals surface area contributed by atoms with Crippen LogP contribution in [0.2, 0.25) is 0 Å². The Labute approximate surface area is 148 Å². The maximum Gasteiger partial charge on any atom is 0.213 e. The zero-order valence-corrected chi connectivity index (χ0v) is 14.3. The Bertz CT molecular complexity index is 800. The molecule has 128 valence electrons. The Balaban J connectivity index is 1.67. The molecule has 1 aliphatic rings. The second kappa shape index (κ2) is 6.82. The highest BCUT2D eigenvalue weighted by Crippen LogP contribution is 2.36. The van der Waals surface area contributed by atoms with Crippen LogP contribution in [-0.2, 0) is 21.8 Å². The molecule has 0 N–H and O–H groups in total. The van der Waals surface area contributed by atoms with Crippen LogP contribution in [-0.4, -0.2) is 22.3 Å². The summed E-state index contributed by atoms with van der Waals surface area (Å²) in [5, 5.41) is 0. The number of ether oxygens (including phenoxy) is 2. The van der Waals surface area contributed by atoms with E-state index in [1.54, 1.807) is 12.5 Å². The van der Waals surface area contributed by atoms with Gasteiger partial charge in [0.2, 0.25) is 5.79 Å². The molecule has 0 radical (unpaired) electrons. The van der Waals surface area contributed by atoms with Crippen molar-refractivity contribution in [1.29, 1.82) is 0 Å². The average Bonchev–Trinajstić information content (AvgIpc) is 3.15. The van der Waals surface area contributed by atoms with Crippen LogP contribution in [0.3, 0.4) is 0 Å². The van der Waals surface area contributed by atoms with Gasteiger partial charge in [0.1, 0.15) is 0 Å². The van der Waals surface area contributed by atoms with Gasteiger partial charge in [0.05, 0.1) is 25.6 Å². The molecule has 2 unspecified atom stereocenters. The molecule has 4 rings (SSSR count). The first kappa shape index (κ1) is 16.1. The van der Waals surface area contributed by atoms with E-state index >= 15 is 0 Å². The molecular weight excluding hydrogens is 312 g/mol. The Morgan fingerprint density at radius 2 is 1.84 bits per heavy atom. The van der Waals surface area contributed by atoms with Crippen LogP contribution < -0.4 is 0 Å². The largest absolute Gasteiger partial charge is 0.344 e. The fourth-order valence-electron chi connectivity index (χ4n) is 3.30. The lowest BCUT2D eigenvalue weighted by Gasteiger charge is -2.40. The topological polar surface area (TPSA) is 36.3 Å². The van der Waals surface area contributed by atoms with E-state index in [1.165, 1.54) is 11.1 Å². The molecule has 0 amide bonds. The van der Waals surface area contributed by atoms with Crippen molar-refractivity contribution in [3.8, 4) is 11.1 Å². The molecule has 1 aromatic heterocycles. The van der Waals surface area contributed by atoms with Gasteiger partial charge in [0.15, 0.2) is 0 Å². The molecule has 0 spiro atoms. The van der Waals surface area contributed by atoms with Crippen LogP contribution in [0.4, 0.5) is 0 Å². The van der Waals surface area contributed by atoms with E-state index in [1.807, 2.05) is 16.8 Å². The molecule has 0 saturated carbocycles. The van der Waals surface area contributed by atoms with E-state index in [0.717, 1.165) is 12.0 Å². The molecular formula is C21H22N2O2. The summed E-state index contributed by atoms with van der Waals surface area (Å²) in [5.74, 6) is -0.770. The van der Waals surface area contributed by atoms with Gasteiger partial charge in [-0.2, -0.15) is 0 Å². The number of hydrogen-bond acceptors (Lipinski definition) is 3. The smallest absolute Gasteiger partial charge is 0.213 e. The molecule has 1 fully saturated rings. The highest BCUT2D eigenvalue weighted by Gasteiger charge is 2.39. The molecule has 1 aliphatic heterocycles. The standard InChI is InChI=1S/C21H22N2O2/c1-17-11-14-24-21(25-17,15-23-13-12-22-16-23)20-9-7-19(8-10-20)18-5-3-2-4-6-18/h2-10,12-13,16-17H,11,14-15H2,1H3. The maximum absolute atomic E-state index is 6.31. The normalized spacial score (nSPS) is 23.5. The Morgan fingerprint density at radius 1 is 1.08 bits per heavy atom. The molecule has 2 aromatic carbocycles. The number of rotatable bonds is 4. The van der Waals surface area contributed by atoms with Crippen LogP contribution >= 0.6 is 0 Å². The van der Waals surface area contributed by atoms with Crippen molar-refractivity contribution in [2.45, 2.75) is 31.8 Å². The summed E-state index contributed by atoms with van der Waals surface area (Å²) >= 11 is 0. The van der Waals surface area contributed by atoms with Crippen LogP contribution in [0.5, 0.6) is 0 Å². The third-order valence-electron chi connectivity index (χ3n) is 4.63. The average molecular weight is 334 g/mol. The fourth-order valence-corrected chi connectivity index (χ4v) is 3.30. The minimum absolute atomic E-state index is 0.158. The molecule has 0 aliphatic carbocycles. The van der Waals surface area contributed by atoms with Crippen LogP contribution in [0, 0.1) is 0 Å². The van der Waals surface area contributed by atoms with Crippen molar-refractivity contribution in [3.63, 3.8) is 0 Å². The first-order valence-electron chi connectivity index (χ1n) is 8.69. The third-order valence-corrected chi connectivity index (χ3v) is 4.63. The Hall–Kier alpha value is -2.43. The third kappa shape index (κ3) is 3.36. The lowest BCUT2D eigenvalue weighted by Crippen LogP contribution is -2.44. The summed E-state index contributed by atoms with van der Waals surface area (Å²) in [4.78, 5) is 4.14. The molecule has 2 heterocycles. The minimum Gasteiger partial charge on any atom is -0.344 e. The second-order valence-corrected chi connectivity index (χ2v) is 6.50. The molecule has 4 nitrogen and oxygen atoms in total. The molecule has 2 atom stereocenters. The molecule has 4 heteroatoms. The van der Waals surface area contributed by atoms with Gasteiger partial charge in [-0.15, -0.1) is 0 Å². The van der Waals surface area contributed by atoms with E-state index < -0.39 is 5.79 Å². The van der Waals surface area contributed by atoms with Crippen molar-refractivity contribution in [2.75, 3.05) is 6.61 Å². The number of benzene rings is 2. The molecule has 0 bridgehead atoms. The number of imidazole rings is 1. The summed E-state index contributed by atoms with van der Waals surface area (Å²) in [6, 6.07) is 18.9. The first-order valence-corrected chi connectivity index (χ1v) is 8.69. The molecule has 3 aromatic rings. The number of nitrogens with zero attached hydrogens (tertiary/aromatic N) is 2. The second-order valence-electron chi connectivity index (χ2n) is 6.50. The van der Waals surface area contributed by atoms with Crippen molar-refractivity contribution in [2.24, 2.45) is 0 Å². The van der Waals surface area contributed by atoms with Crippen molar-refractivity contribution < 1.29 is 9.47 Å². The lowest BCUT2D eigenvalue weighted by atomic mass is 9.99. The van der Waals surface area contributed by atoms with E-state index in [0.29, 0.717) is 13.2 Å². The van der Waals surface area contributed by atoms with Crippen LogP contribution in [0.1, 0.15) is 18.9 Å². The first-order chi connectivity index (χ1) is 12.3. The van der Waals surface area contributed by atoms with Gasteiger partial charge in [-0.1, -0.05) is 54.6 Å². The van der Waals surface area contributed by atoms with E-state index in [2.05, 4.69) is 60.4 Å². The summed E-state index contributed by atoms with van der Waals surface area (Å²) in [7, 11) is 0. The van der Waals surface area contributed by atoms with Gasteiger partial charge in [-0.05, 0) is 24.5 Å². The molecule has 1 saturated heterocycles. The van der Waals surface area contributed by atoms with Gasteiger partial charge in [0, 0.05) is 18.0 Å². The van der Waals surface area contributed by atoms with E-state index in [4.69, 9.17) is 9.47 Å².